The number of para-hydroxylation sites is 2. The molecular weight excluding hydrogens is 352 g/mol. The summed E-state index contributed by atoms with van der Waals surface area (Å²) in [5.41, 5.74) is 8.85. The Bertz CT molecular complexity index is 843. The molecule has 2 aromatic rings. The van der Waals surface area contributed by atoms with Gasteiger partial charge in [0.15, 0.2) is 0 Å². The number of nitrogens with zero attached hydrogens (tertiary/aromatic N) is 1. The van der Waals surface area contributed by atoms with E-state index in [2.05, 4.69) is 13.8 Å². The number of carbonyl (C=O) groups is 2. The molecule has 3 rings (SSSR count). The second-order valence-corrected chi connectivity index (χ2v) is 7.27. The van der Waals surface area contributed by atoms with Crippen LogP contribution >= 0.6 is 0 Å². The van der Waals surface area contributed by atoms with Crippen LogP contribution in [-0.2, 0) is 16.0 Å². The summed E-state index contributed by atoms with van der Waals surface area (Å²) < 4.78 is 6.03. The Kier molecular flexibility index (Phi) is 6.34. The molecule has 0 bridgehead atoms. The van der Waals surface area contributed by atoms with E-state index in [0.717, 1.165) is 42.5 Å². The van der Waals surface area contributed by atoms with Gasteiger partial charge in [0.1, 0.15) is 6.10 Å². The molecule has 0 fully saturated rings. The molecular formula is C23H28N2O3. The smallest absolute Gasteiger partial charge is 0.323 e. The summed E-state index contributed by atoms with van der Waals surface area (Å²) in [7, 11) is 0. The molecule has 1 heterocycles. The first-order chi connectivity index (χ1) is 13.6. The number of nitrogens with two attached hydrogens (primary N) is 1. The van der Waals surface area contributed by atoms with Crippen LogP contribution in [0.25, 0.3) is 0 Å². The normalized spacial score (nSPS) is 15.5. The van der Waals surface area contributed by atoms with Crippen LogP contribution in [0.15, 0.2) is 48.5 Å². The predicted molar refractivity (Wildman–Crippen MR) is 110 cm³/mol. The average Bonchev–Trinajstić information content (AvgIpc) is 2.82. The van der Waals surface area contributed by atoms with Gasteiger partial charge in [-0.05, 0) is 30.5 Å². The summed E-state index contributed by atoms with van der Waals surface area (Å²) in [5.74, 6) is -0.249. The van der Waals surface area contributed by atoms with Gasteiger partial charge in [0, 0.05) is 12.0 Å². The highest BCUT2D eigenvalue weighted by Gasteiger charge is 2.32. The molecule has 5 nitrogen and oxygen atoms in total. The Morgan fingerprint density at radius 2 is 1.64 bits per heavy atom. The van der Waals surface area contributed by atoms with Crippen molar-refractivity contribution in [2.24, 2.45) is 11.7 Å². The minimum atomic E-state index is -0.554. The van der Waals surface area contributed by atoms with Crippen LogP contribution in [0.2, 0.25) is 0 Å². The molecule has 0 saturated carbocycles. The van der Waals surface area contributed by atoms with Crippen molar-refractivity contribution in [3.8, 4) is 0 Å². The molecule has 0 spiro atoms. The van der Waals surface area contributed by atoms with Crippen molar-refractivity contribution >= 4 is 23.4 Å². The number of urea groups is 1. The first-order valence-electron chi connectivity index (χ1n) is 10.0. The lowest BCUT2D eigenvalue weighted by Crippen LogP contribution is -2.32. The SMILES string of the molecule is CCCC(CCC)C(=O)O[C@@H]1Cc2ccccc2N(C(N)=O)c2ccccc21. The molecule has 0 radical (unpaired) electrons. The lowest BCUT2D eigenvalue weighted by molar-refractivity contribution is -0.155. The van der Waals surface area contributed by atoms with Gasteiger partial charge in [-0.2, -0.15) is 0 Å². The number of esters is 1. The van der Waals surface area contributed by atoms with Crippen LogP contribution in [0.4, 0.5) is 16.2 Å². The maximum Gasteiger partial charge on any atom is 0.323 e. The van der Waals surface area contributed by atoms with E-state index in [9.17, 15) is 9.59 Å². The molecule has 0 unspecified atom stereocenters. The van der Waals surface area contributed by atoms with Crippen molar-refractivity contribution in [2.75, 3.05) is 4.90 Å². The van der Waals surface area contributed by atoms with Crippen molar-refractivity contribution in [2.45, 2.75) is 52.1 Å². The van der Waals surface area contributed by atoms with Crippen molar-refractivity contribution in [3.05, 3.63) is 59.7 Å². The molecule has 0 aliphatic carbocycles. The molecule has 0 aromatic heterocycles. The zero-order valence-corrected chi connectivity index (χ0v) is 16.6. The van der Waals surface area contributed by atoms with Gasteiger partial charge >= 0.3 is 12.0 Å². The van der Waals surface area contributed by atoms with Gasteiger partial charge in [0.2, 0.25) is 0 Å². The van der Waals surface area contributed by atoms with E-state index >= 15 is 0 Å². The first kappa shape index (κ1) is 19.9. The van der Waals surface area contributed by atoms with Gasteiger partial charge < -0.3 is 10.5 Å². The zero-order chi connectivity index (χ0) is 20.1. The number of rotatable bonds is 6. The van der Waals surface area contributed by atoms with E-state index in [1.807, 2.05) is 48.5 Å². The fourth-order valence-electron chi connectivity index (χ4n) is 3.96. The van der Waals surface area contributed by atoms with Gasteiger partial charge in [-0.1, -0.05) is 63.1 Å². The second-order valence-electron chi connectivity index (χ2n) is 7.27. The minimum absolute atomic E-state index is 0.0899. The number of hydrogen-bond acceptors (Lipinski definition) is 3. The quantitative estimate of drug-likeness (QED) is 0.695. The van der Waals surface area contributed by atoms with Crippen LogP contribution in [0.1, 0.15) is 56.8 Å². The number of fused-ring (bicyclic) bond motifs is 2. The highest BCUT2D eigenvalue weighted by molar-refractivity contribution is 6.00. The van der Waals surface area contributed by atoms with Crippen molar-refractivity contribution < 1.29 is 14.3 Å². The first-order valence-corrected chi connectivity index (χ1v) is 10.0. The summed E-state index contributed by atoms with van der Waals surface area (Å²) in [4.78, 5) is 26.7. The number of benzene rings is 2. The number of anilines is 2. The average molecular weight is 380 g/mol. The highest BCUT2D eigenvalue weighted by Crippen LogP contribution is 2.41. The molecule has 2 N–H and O–H groups in total. The molecule has 148 valence electrons. The van der Waals surface area contributed by atoms with Gasteiger partial charge in [-0.25, -0.2) is 4.79 Å². The third kappa shape index (κ3) is 4.03. The standard InChI is InChI=1S/C23H28N2O3/c1-3-9-16(10-4-2)22(26)28-21-15-17-11-5-7-13-19(17)25(23(24)27)20-14-8-6-12-18(20)21/h5-8,11-14,16,21H,3-4,9-10,15H2,1-2H3,(H2,24,27)/t21-/m1/s1. The van der Waals surface area contributed by atoms with Crippen LogP contribution in [0.3, 0.4) is 0 Å². The summed E-state index contributed by atoms with van der Waals surface area (Å²) in [5, 5.41) is 0. The van der Waals surface area contributed by atoms with Crippen molar-refractivity contribution in [1.82, 2.24) is 0 Å². The summed E-state index contributed by atoms with van der Waals surface area (Å²) in [6.07, 6.45) is 3.59. The monoisotopic (exact) mass is 380 g/mol. The molecule has 2 aromatic carbocycles. The lowest BCUT2D eigenvalue weighted by atomic mass is 9.97. The number of primary amides is 1. The van der Waals surface area contributed by atoms with E-state index in [4.69, 9.17) is 10.5 Å². The molecule has 1 aliphatic heterocycles. The summed E-state index contributed by atoms with van der Waals surface area (Å²) in [6, 6.07) is 14.6. The van der Waals surface area contributed by atoms with E-state index in [1.165, 1.54) is 4.90 Å². The van der Waals surface area contributed by atoms with E-state index in [-0.39, 0.29) is 11.9 Å². The molecule has 28 heavy (non-hydrogen) atoms. The van der Waals surface area contributed by atoms with Gasteiger partial charge in [0.25, 0.3) is 0 Å². The fourth-order valence-corrected chi connectivity index (χ4v) is 3.96. The second kappa shape index (κ2) is 8.91. The third-order valence-corrected chi connectivity index (χ3v) is 5.25. The summed E-state index contributed by atoms with van der Waals surface area (Å²) >= 11 is 0. The molecule has 1 aliphatic rings. The number of ether oxygens (including phenoxy) is 1. The number of hydrogen-bond donors (Lipinski definition) is 1. The van der Waals surface area contributed by atoms with Crippen molar-refractivity contribution in [1.29, 1.82) is 0 Å². The molecule has 1 atom stereocenters. The van der Waals surface area contributed by atoms with E-state index < -0.39 is 12.1 Å². The van der Waals surface area contributed by atoms with Crippen LogP contribution in [0, 0.1) is 5.92 Å². The number of carbonyl (C=O) groups excluding carboxylic acids is 2. The van der Waals surface area contributed by atoms with Gasteiger partial charge in [-0.15, -0.1) is 0 Å². The Labute approximate surface area is 166 Å². The highest BCUT2D eigenvalue weighted by atomic mass is 16.5. The lowest BCUT2D eigenvalue weighted by Gasteiger charge is -2.24. The van der Waals surface area contributed by atoms with Crippen molar-refractivity contribution in [3.63, 3.8) is 0 Å². The number of amides is 2. The Hall–Kier alpha value is -2.82. The Morgan fingerprint density at radius 1 is 1.04 bits per heavy atom. The topological polar surface area (TPSA) is 72.6 Å². The molecule has 2 amide bonds. The van der Waals surface area contributed by atoms with E-state index in [1.54, 1.807) is 0 Å². The van der Waals surface area contributed by atoms with E-state index in [0.29, 0.717) is 12.1 Å². The Morgan fingerprint density at radius 3 is 2.29 bits per heavy atom. The minimum Gasteiger partial charge on any atom is -0.457 e. The van der Waals surface area contributed by atoms with Crippen LogP contribution in [-0.4, -0.2) is 12.0 Å². The molecule has 5 heteroatoms. The van der Waals surface area contributed by atoms with Gasteiger partial charge in [0.05, 0.1) is 17.3 Å². The van der Waals surface area contributed by atoms with Crippen LogP contribution in [0.5, 0.6) is 0 Å². The predicted octanol–water partition coefficient (Wildman–Crippen LogP) is 5.26. The van der Waals surface area contributed by atoms with Crippen LogP contribution < -0.4 is 10.6 Å². The maximum atomic E-state index is 12.9. The zero-order valence-electron chi connectivity index (χ0n) is 16.6. The third-order valence-electron chi connectivity index (χ3n) is 5.25. The largest absolute Gasteiger partial charge is 0.457 e. The maximum absolute atomic E-state index is 12.9. The summed E-state index contributed by atoms with van der Waals surface area (Å²) in [6.45, 7) is 4.16. The molecule has 0 saturated heterocycles. The fraction of sp³-hybridized carbons (Fsp3) is 0.391. The van der Waals surface area contributed by atoms with Gasteiger partial charge in [-0.3, -0.25) is 9.69 Å². The Balaban J connectivity index is 2.01.